The van der Waals surface area contributed by atoms with E-state index in [1.807, 2.05) is 45.0 Å². The zero-order valence-electron chi connectivity index (χ0n) is 16.8. The summed E-state index contributed by atoms with van der Waals surface area (Å²) in [6, 6.07) is 9.45. The van der Waals surface area contributed by atoms with Crippen molar-refractivity contribution in [3.05, 3.63) is 53.9 Å². The number of pyridine rings is 1. The highest BCUT2D eigenvalue weighted by atomic mass is 16.2. The Labute approximate surface area is 166 Å². The number of hydrogen-bond donors (Lipinski definition) is 2. The number of aromatic nitrogens is 1. The van der Waals surface area contributed by atoms with Crippen molar-refractivity contribution in [3.63, 3.8) is 0 Å². The predicted molar refractivity (Wildman–Crippen MR) is 112 cm³/mol. The molecule has 2 N–H and O–H groups in total. The highest BCUT2D eigenvalue weighted by molar-refractivity contribution is 6.05. The largest absolute Gasteiger partial charge is 0.372 e. The summed E-state index contributed by atoms with van der Waals surface area (Å²) in [5, 5.41) is 5.75. The molecule has 28 heavy (non-hydrogen) atoms. The minimum Gasteiger partial charge on any atom is -0.372 e. The molecule has 0 unspecified atom stereocenters. The maximum Gasteiger partial charge on any atom is 0.257 e. The molecule has 148 valence electrons. The molecule has 0 aliphatic carbocycles. The van der Waals surface area contributed by atoms with Gasteiger partial charge in [-0.05, 0) is 70.4 Å². The van der Waals surface area contributed by atoms with Crippen LogP contribution in [0.4, 0.5) is 11.4 Å². The van der Waals surface area contributed by atoms with E-state index in [0.717, 1.165) is 18.8 Å². The molecule has 1 aliphatic heterocycles. The molecule has 6 nitrogen and oxygen atoms in total. The third kappa shape index (κ3) is 5.31. The van der Waals surface area contributed by atoms with Crippen LogP contribution in [0.25, 0.3) is 0 Å². The van der Waals surface area contributed by atoms with Gasteiger partial charge in [0, 0.05) is 42.4 Å². The van der Waals surface area contributed by atoms with Gasteiger partial charge in [-0.1, -0.05) is 0 Å². The van der Waals surface area contributed by atoms with Crippen LogP contribution in [0.2, 0.25) is 0 Å². The Balaban J connectivity index is 1.66. The van der Waals surface area contributed by atoms with Gasteiger partial charge in [0.05, 0.1) is 11.1 Å². The van der Waals surface area contributed by atoms with Crippen molar-refractivity contribution in [2.75, 3.05) is 23.3 Å². The van der Waals surface area contributed by atoms with Crippen LogP contribution in [0.1, 0.15) is 60.7 Å². The number of piperidine rings is 1. The lowest BCUT2D eigenvalue weighted by Gasteiger charge is -2.28. The summed E-state index contributed by atoms with van der Waals surface area (Å²) in [6.45, 7) is 7.88. The Morgan fingerprint density at radius 2 is 1.54 bits per heavy atom. The van der Waals surface area contributed by atoms with Crippen LogP contribution < -0.4 is 15.5 Å². The first kappa shape index (κ1) is 19.9. The van der Waals surface area contributed by atoms with Gasteiger partial charge in [0.25, 0.3) is 11.8 Å². The van der Waals surface area contributed by atoms with Crippen LogP contribution in [0.3, 0.4) is 0 Å². The lowest BCUT2D eigenvalue weighted by Crippen LogP contribution is -2.40. The number of nitrogens with zero attached hydrogens (tertiary/aromatic N) is 2. The number of amides is 2. The van der Waals surface area contributed by atoms with Gasteiger partial charge in [0.15, 0.2) is 0 Å². The van der Waals surface area contributed by atoms with Crippen LogP contribution in [-0.4, -0.2) is 35.4 Å². The first-order chi connectivity index (χ1) is 13.3. The molecule has 1 aromatic heterocycles. The quantitative estimate of drug-likeness (QED) is 0.845. The third-order valence-electron chi connectivity index (χ3n) is 4.60. The molecule has 0 spiro atoms. The molecule has 1 aromatic carbocycles. The smallest absolute Gasteiger partial charge is 0.257 e. The third-order valence-corrected chi connectivity index (χ3v) is 4.60. The Hall–Kier alpha value is -2.89. The van der Waals surface area contributed by atoms with Crippen LogP contribution in [0.15, 0.2) is 42.7 Å². The van der Waals surface area contributed by atoms with Gasteiger partial charge in [-0.3, -0.25) is 14.6 Å². The second-order valence-corrected chi connectivity index (χ2v) is 8.22. The second-order valence-electron chi connectivity index (χ2n) is 8.22. The Morgan fingerprint density at radius 1 is 0.929 bits per heavy atom. The van der Waals surface area contributed by atoms with Crippen molar-refractivity contribution < 1.29 is 9.59 Å². The molecule has 2 aromatic rings. The fraction of sp³-hybridized carbons (Fsp3) is 0.409. The zero-order chi connectivity index (χ0) is 20.1. The average Bonchev–Trinajstić information content (AvgIpc) is 2.68. The SMILES string of the molecule is CC(C)(C)NC(=O)c1cncc(C(=O)Nc2ccc(N3CCCCC3)cc2)c1. The zero-order valence-corrected chi connectivity index (χ0v) is 16.8. The van der Waals surface area contributed by atoms with E-state index in [0.29, 0.717) is 11.1 Å². The van der Waals surface area contributed by atoms with Crippen molar-refractivity contribution in [2.45, 2.75) is 45.6 Å². The number of nitrogens with one attached hydrogen (secondary N) is 2. The molecule has 0 radical (unpaired) electrons. The Kier molecular flexibility index (Phi) is 5.97. The molecule has 2 heterocycles. The van der Waals surface area contributed by atoms with Crippen molar-refractivity contribution >= 4 is 23.2 Å². The summed E-state index contributed by atoms with van der Waals surface area (Å²) in [7, 11) is 0. The summed E-state index contributed by atoms with van der Waals surface area (Å²) in [6.07, 6.45) is 6.68. The average molecular weight is 380 g/mol. The van der Waals surface area contributed by atoms with Crippen molar-refractivity contribution in [3.8, 4) is 0 Å². The fourth-order valence-electron chi connectivity index (χ4n) is 3.21. The number of benzene rings is 1. The first-order valence-electron chi connectivity index (χ1n) is 9.76. The Morgan fingerprint density at radius 3 is 2.14 bits per heavy atom. The van der Waals surface area contributed by atoms with Gasteiger partial charge in [0.2, 0.25) is 0 Å². The summed E-state index contributed by atoms with van der Waals surface area (Å²) >= 11 is 0. The molecule has 1 aliphatic rings. The van der Waals surface area contributed by atoms with Crippen LogP contribution in [0.5, 0.6) is 0 Å². The topological polar surface area (TPSA) is 74.3 Å². The van der Waals surface area contributed by atoms with Gasteiger partial charge in [-0.15, -0.1) is 0 Å². The highest BCUT2D eigenvalue weighted by Crippen LogP contribution is 2.22. The lowest BCUT2D eigenvalue weighted by atomic mass is 10.1. The minimum absolute atomic E-state index is 0.250. The van der Waals surface area contributed by atoms with Gasteiger partial charge in [-0.25, -0.2) is 0 Å². The normalized spacial score (nSPS) is 14.5. The molecular formula is C22H28N4O2. The molecule has 0 bridgehead atoms. The lowest BCUT2D eigenvalue weighted by molar-refractivity contribution is 0.0919. The van der Waals surface area contributed by atoms with Gasteiger partial charge in [-0.2, -0.15) is 0 Å². The van der Waals surface area contributed by atoms with Crippen molar-refractivity contribution in [2.24, 2.45) is 0 Å². The van der Waals surface area contributed by atoms with Gasteiger partial charge in [0.1, 0.15) is 0 Å². The summed E-state index contributed by atoms with van der Waals surface area (Å²) < 4.78 is 0. The molecule has 0 saturated carbocycles. The van der Waals surface area contributed by atoms with E-state index in [-0.39, 0.29) is 17.4 Å². The fourth-order valence-corrected chi connectivity index (χ4v) is 3.21. The van der Waals surface area contributed by atoms with Crippen molar-refractivity contribution in [1.29, 1.82) is 0 Å². The maximum atomic E-state index is 12.6. The number of carbonyl (C=O) groups excluding carboxylic acids is 2. The molecule has 1 saturated heterocycles. The van der Waals surface area contributed by atoms with Crippen molar-refractivity contribution in [1.82, 2.24) is 10.3 Å². The summed E-state index contributed by atoms with van der Waals surface area (Å²) in [5.41, 5.74) is 2.26. The minimum atomic E-state index is -0.356. The molecule has 6 heteroatoms. The monoisotopic (exact) mass is 380 g/mol. The highest BCUT2D eigenvalue weighted by Gasteiger charge is 2.17. The van der Waals surface area contributed by atoms with Crippen LogP contribution in [-0.2, 0) is 0 Å². The van der Waals surface area contributed by atoms with E-state index in [2.05, 4.69) is 20.5 Å². The molecule has 1 fully saturated rings. The van der Waals surface area contributed by atoms with E-state index in [9.17, 15) is 9.59 Å². The number of carbonyl (C=O) groups is 2. The van der Waals surface area contributed by atoms with Gasteiger partial charge >= 0.3 is 0 Å². The van der Waals surface area contributed by atoms with Crippen LogP contribution >= 0.6 is 0 Å². The van der Waals surface area contributed by atoms with Crippen LogP contribution in [0, 0.1) is 0 Å². The molecule has 3 rings (SSSR count). The maximum absolute atomic E-state index is 12.6. The second kappa shape index (κ2) is 8.42. The Bertz CT molecular complexity index is 834. The standard InChI is InChI=1S/C22H28N4O2/c1-22(2,3)25-21(28)17-13-16(14-23-15-17)20(27)24-18-7-9-19(10-8-18)26-11-5-4-6-12-26/h7-10,13-15H,4-6,11-12H2,1-3H3,(H,24,27)(H,25,28). The van der Waals surface area contributed by atoms with E-state index in [1.165, 1.54) is 37.3 Å². The first-order valence-corrected chi connectivity index (χ1v) is 9.76. The molecule has 0 atom stereocenters. The van der Waals surface area contributed by atoms with E-state index in [4.69, 9.17) is 0 Å². The van der Waals surface area contributed by atoms with E-state index >= 15 is 0 Å². The van der Waals surface area contributed by atoms with E-state index in [1.54, 1.807) is 6.07 Å². The number of anilines is 2. The summed E-state index contributed by atoms with van der Waals surface area (Å²) in [4.78, 5) is 31.3. The summed E-state index contributed by atoms with van der Waals surface area (Å²) in [5.74, 6) is -0.538. The predicted octanol–water partition coefficient (Wildman–Crippen LogP) is 3.85. The van der Waals surface area contributed by atoms with E-state index < -0.39 is 0 Å². The number of rotatable bonds is 4. The van der Waals surface area contributed by atoms with Gasteiger partial charge < -0.3 is 15.5 Å². The molecular weight excluding hydrogens is 352 g/mol. The molecule has 2 amide bonds. The number of hydrogen-bond acceptors (Lipinski definition) is 4.